The molecule has 2 atom stereocenters. The van der Waals surface area contributed by atoms with E-state index in [9.17, 15) is 14.7 Å². The number of likely N-dealkylation sites (tertiary alicyclic amines) is 1. The Balaban J connectivity index is 2.40. The Morgan fingerprint density at radius 2 is 2.05 bits per heavy atom. The number of methoxy groups -OCH3 is 2. The van der Waals surface area contributed by atoms with Crippen molar-refractivity contribution in [1.29, 1.82) is 0 Å². The van der Waals surface area contributed by atoms with E-state index < -0.39 is 11.5 Å². The highest BCUT2D eigenvalue weighted by Gasteiger charge is 2.49. The molecule has 6 heteroatoms. The molecule has 1 fully saturated rings. The van der Waals surface area contributed by atoms with Gasteiger partial charge in [-0.1, -0.05) is 13.0 Å². The van der Waals surface area contributed by atoms with E-state index in [1.165, 1.54) is 26.0 Å². The zero-order valence-electron chi connectivity index (χ0n) is 13.3. The number of carbonyl (C=O) groups excluding carboxylic acids is 2. The summed E-state index contributed by atoms with van der Waals surface area (Å²) in [5.41, 5.74) is 0.0808. The molecule has 22 heavy (non-hydrogen) atoms. The molecule has 120 valence electrons. The first-order valence-corrected chi connectivity index (χ1v) is 7.04. The molecule has 1 amide bonds. The molecule has 6 nitrogen and oxygen atoms in total. The van der Waals surface area contributed by atoms with Crippen molar-refractivity contribution >= 4 is 11.9 Å². The molecule has 0 spiro atoms. The maximum Gasteiger partial charge on any atom is 0.409 e. The van der Waals surface area contributed by atoms with Gasteiger partial charge in [-0.15, -0.1) is 0 Å². The van der Waals surface area contributed by atoms with Crippen molar-refractivity contribution in [2.45, 2.75) is 19.8 Å². The van der Waals surface area contributed by atoms with Crippen LogP contribution in [0.4, 0.5) is 4.79 Å². The molecular formula is C16H21NO5. The van der Waals surface area contributed by atoms with Gasteiger partial charge in [0.15, 0.2) is 11.5 Å². The average molecular weight is 307 g/mol. The molecule has 0 radical (unpaired) electrons. The number of Topliss-reactive ketones (excluding diaryl/α,β-unsaturated/α-hetero) is 1. The zero-order valence-corrected chi connectivity index (χ0v) is 13.3. The van der Waals surface area contributed by atoms with Crippen LogP contribution in [0.2, 0.25) is 0 Å². The second-order valence-electron chi connectivity index (χ2n) is 5.81. The van der Waals surface area contributed by atoms with Crippen LogP contribution in [-0.4, -0.2) is 49.2 Å². The lowest BCUT2D eigenvalue weighted by molar-refractivity contribution is -0.125. The van der Waals surface area contributed by atoms with E-state index in [0.717, 1.165) is 5.56 Å². The minimum Gasteiger partial charge on any atom is -0.504 e. The highest BCUT2D eigenvalue weighted by Crippen LogP contribution is 2.45. The number of rotatable bonds is 3. The molecule has 0 aromatic heterocycles. The number of ether oxygens (including phenoxy) is 2. The van der Waals surface area contributed by atoms with Gasteiger partial charge in [0.2, 0.25) is 0 Å². The molecule has 1 aromatic carbocycles. The van der Waals surface area contributed by atoms with E-state index in [-0.39, 0.29) is 17.5 Å². The maximum atomic E-state index is 12.2. The van der Waals surface area contributed by atoms with Gasteiger partial charge in [0, 0.05) is 19.0 Å². The molecule has 1 aliphatic heterocycles. The normalized spacial score (nSPS) is 24.2. The number of ketones is 1. The molecular weight excluding hydrogens is 286 g/mol. The maximum absolute atomic E-state index is 12.2. The molecule has 1 saturated heterocycles. The molecule has 0 bridgehead atoms. The van der Waals surface area contributed by atoms with Crippen LogP contribution in [0.3, 0.4) is 0 Å². The summed E-state index contributed by atoms with van der Waals surface area (Å²) >= 11 is 0. The van der Waals surface area contributed by atoms with Gasteiger partial charge in [-0.2, -0.15) is 0 Å². The molecule has 1 N–H and O–H groups in total. The number of nitrogens with zero attached hydrogens (tertiary/aromatic N) is 1. The van der Waals surface area contributed by atoms with Gasteiger partial charge in [0.05, 0.1) is 19.6 Å². The third-order valence-electron chi connectivity index (χ3n) is 4.53. The van der Waals surface area contributed by atoms with E-state index in [1.807, 2.05) is 13.0 Å². The molecule has 0 unspecified atom stereocenters. The Hall–Kier alpha value is -2.24. The minimum atomic E-state index is -0.713. The summed E-state index contributed by atoms with van der Waals surface area (Å²) in [6, 6.07) is 5.06. The standard InChI is InChI=1S/C16H21NO5/c1-10(18)16(2)9-17(15(20)22-4)8-12(16)11-5-6-14(21-3)13(19)7-11/h5-7,12,19H,8-9H2,1-4H3/t12-,16-/m0/s1. The Labute approximate surface area is 129 Å². The smallest absolute Gasteiger partial charge is 0.409 e. The van der Waals surface area contributed by atoms with Gasteiger partial charge in [-0.25, -0.2) is 4.79 Å². The van der Waals surface area contributed by atoms with Crippen molar-refractivity contribution in [1.82, 2.24) is 4.90 Å². The quantitative estimate of drug-likeness (QED) is 0.926. The van der Waals surface area contributed by atoms with Crippen LogP contribution >= 0.6 is 0 Å². The monoisotopic (exact) mass is 307 g/mol. The van der Waals surface area contributed by atoms with Gasteiger partial charge >= 0.3 is 6.09 Å². The van der Waals surface area contributed by atoms with E-state index in [0.29, 0.717) is 18.8 Å². The number of phenols is 1. The Bertz CT molecular complexity index is 600. The van der Waals surface area contributed by atoms with Gasteiger partial charge in [0.1, 0.15) is 5.78 Å². The molecule has 1 aliphatic rings. The first-order chi connectivity index (χ1) is 10.3. The SMILES string of the molecule is COC(=O)N1C[C@@H](c2ccc(OC)c(O)c2)[C@](C)(C(C)=O)C1. The number of phenolic OH excluding ortho intramolecular Hbond substituents is 1. The van der Waals surface area contributed by atoms with Crippen molar-refractivity contribution in [2.24, 2.45) is 5.41 Å². The summed E-state index contributed by atoms with van der Waals surface area (Å²) in [5, 5.41) is 9.97. The molecule has 1 aromatic rings. The van der Waals surface area contributed by atoms with E-state index in [2.05, 4.69) is 0 Å². The Morgan fingerprint density at radius 1 is 1.36 bits per heavy atom. The van der Waals surface area contributed by atoms with Crippen molar-refractivity contribution < 1.29 is 24.2 Å². The summed E-state index contributed by atoms with van der Waals surface area (Å²) in [6.45, 7) is 4.03. The van der Waals surface area contributed by atoms with Gasteiger partial charge < -0.3 is 19.5 Å². The lowest BCUT2D eigenvalue weighted by atomic mass is 9.73. The average Bonchev–Trinajstić information content (AvgIpc) is 2.85. The highest BCUT2D eigenvalue weighted by molar-refractivity contribution is 5.85. The first kappa shape index (κ1) is 16.1. The fourth-order valence-electron chi connectivity index (χ4n) is 3.01. The number of hydrogen-bond acceptors (Lipinski definition) is 5. The molecule has 0 aliphatic carbocycles. The van der Waals surface area contributed by atoms with Crippen molar-refractivity contribution in [3.05, 3.63) is 23.8 Å². The second kappa shape index (κ2) is 5.87. The van der Waals surface area contributed by atoms with Crippen LogP contribution in [0.5, 0.6) is 11.5 Å². The molecule has 0 saturated carbocycles. The van der Waals surface area contributed by atoms with Crippen molar-refractivity contribution in [2.75, 3.05) is 27.3 Å². The highest BCUT2D eigenvalue weighted by atomic mass is 16.5. The number of amides is 1. The third kappa shape index (κ3) is 2.61. The Kier molecular flexibility index (Phi) is 4.30. The summed E-state index contributed by atoms with van der Waals surface area (Å²) in [7, 11) is 2.79. The first-order valence-electron chi connectivity index (χ1n) is 7.04. The van der Waals surface area contributed by atoms with Crippen molar-refractivity contribution in [3.63, 3.8) is 0 Å². The van der Waals surface area contributed by atoms with Crippen LogP contribution in [0.15, 0.2) is 18.2 Å². The summed E-state index contributed by atoms with van der Waals surface area (Å²) in [6.07, 6.45) is -0.451. The largest absolute Gasteiger partial charge is 0.504 e. The number of aromatic hydroxyl groups is 1. The fourth-order valence-corrected chi connectivity index (χ4v) is 3.01. The van der Waals surface area contributed by atoms with Gasteiger partial charge in [0.25, 0.3) is 0 Å². The number of benzene rings is 1. The Morgan fingerprint density at radius 3 is 2.55 bits per heavy atom. The lowest BCUT2D eigenvalue weighted by Gasteiger charge is -2.27. The van der Waals surface area contributed by atoms with Crippen LogP contribution < -0.4 is 4.74 Å². The second-order valence-corrected chi connectivity index (χ2v) is 5.81. The predicted molar refractivity (Wildman–Crippen MR) is 80.2 cm³/mol. The van der Waals surface area contributed by atoms with Crippen molar-refractivity contribution in [3.8, 4) is 11.5 Å². The predicted octanol–water partition coefficient (Wildman–Crippen LogP) is 2.16. The summed E-state index contributed by atoms with van der Waals surface area (Å²) < 4.78 is 9.80. The van der Waals surface area contributed by atoms with Crippen LogP contribution in [0.25, 0.3) is 0 Å². The zero-order chi connectivity index (χ0) is 16.5. The van der Waals surface area contributed by atoms with E-state index in [4.69, 9.17) is 9.47 Å². The topological polar surface area (TPSA) is 76.1 Å². The number of hydrogen-bond donors (Lipinski definition) is 1. The number of carbonyl (C=O) groups is 2. The third-order valence-corrected chi connectivity index (χ3v) is 4.53. The summed E-state index contributed by atoms with van der Waals surface area (Å²) in [5.74, 6) is 0.179. The van der Waals surface area contributed by atoms with Gasteiger partial charge in [-0.3, -0.25) is 4.79 Å². The minimum absolute atomic E-state index is 0.000731. The lowest BCUT2D eigenvalue weighted by Crippen LogP contribution is -2.35. The van der Waals surface area contributed by atoms with E-state index in [1.54, 1.807) is 12.1 Å². The van der Waals surface area contributed by atoms with Crippen LogP contribution in [0.1, 0.15) is 25.3 Å². The molecule has 2 rings (SSSR count). The summed E-state index contributed by atoms with van der Waals surface area (Å²) in [4.78, 5) is 25.5. The van der Waals surface area contributed by atoms with E-state index >= 15 is 0 Å². The van der Waals surface area contributed by atoms with Crippen LogP contribution in [0, 0.1) is 5.41 Å². The molecule has 1 heterocycles. The fraction of sp³-hybridized carbons (Fsp3) is 0.500. The van der Waals surface area contributed by atoms with Crippen LogP contribution in [-0.2, 0) is 9.53 Å². The van der Waals surface area contributed by atoms with Gasteiger partial charge in [-0.05, 0) is 24.6 Å².